The maximum Gasteiger partial charge on any atom is 0.336 e. The van der Waals surface area contributed by atoms with Crippen molar-refractivity contribution in [2.24, 2.45) is 0 Å². The highest BCUT2D eigenvalue weighted by Gasteiger charge is 2.09. The largest absolute Gasteiger partial charge is 0.478 e. The Morgan fingerprint density at radius 3 is 2.88 bits per heavy atom. The van der Waals surface area contributed by atoms with E-state index in [1.807, 2.05) is 31.5 Å². The Balaban J connectivity index is 2.16. The maximum absolute atomic E-state index is 11.0. The second-order valence-corrected chi connectivity index (χ2v) is 3.86. The summed E-state index contributed by atoms with van der Waals surface area (Å²) in [5.41, 5.74) is 3.08. The second kappa shape index (κ2) is 4.74. The molecule has 0 radical (unpaired) electrons. The monoisotopic (exact) mass is 230 g/mol. The number of hydrogen-bond acceptors (Lipinski definition) is 2. The van der Waals surface area contributed by atoms with Crippen molar-refractivity contribution in [3.63, 3.8) is 0 Å². The van der Waals surface area contributed by atoms with E-state index in [1.165, 1.54) is 0 Å². The third-order valence-corrected chi connectivity index (χ3v) is 2.71. The minimum absolute atomic E-state index is 0.337. The number of benzene rings is 1. The first-order chi connectivity index (χ1) is 8.18. The first-order valence-electron chi connectivity index (χ1n) is 5.37. The molecule has 17 heavy (non-hydrogen) atoms. The van der Waals surface area contributed by atoms with E-state index in [0.29, 0.717) is 12.1 Å². The Labute approximate surface area is 99.3 Å². The molecule has 4 nitrogen and oxygen atoms in total. The molecule has 0 unspecified atom stereocenters. The van der Waals surface area contributed by atoms with Crippen LogP contribution in [0.15, 0.2) is 36.7 Å². The molecule has 0 saturated heterocycles. The third kappa shape index (κ3) is 2.47. The van der Waals surface area contributed by atoms with Crippen LogP contribution >= 0.6 is 0 Å². The van der Waals surface area contributed by atoms with Gasteiger partial charge in [0.2, 0.25) is 0 Å². The molecular formula is C13H14N2O2. The van der Waals surface area contributed by atoms with Gasteiger partial charge in [0, 0.05) is 24.6 Å². The number of hydrogen-bond donors (Lipinski definition) is 3. The molecule has 3 N–H and O–H groups in total. The highest BCUT2D eigenvalue weighted by atomic mass is 16.4. The fourth-order valence-electron chi connectivity index (χ4n) is 1.72. The zero-order valence-electron chi connectivity index (χ0n) is 9.53. The van der Waals surface area contributed by atoms with Crippen LogP contribution in [-0.2, 0) is 6.54 Å². The van der Waals surface area contributed by atoms with Crippen molar-refractivity contribution in [3.8, 4) is 0 Å². The summed E-state index contributed by atoms with van der Waals surface area (Å²) in [6.07, 6.45) is 3.76. The maximum atomic E-state index is 11.0. The quantitative estimate of drug-likeness (QED) is 0.756. The molecule has 0 atom stereocenters. The van der Waals surface area contributed by atoms with Gasteiger partial charge in [-0.1, -0.05) is 6.07 Å². The fourth-order valence-corrected chi connectivity index (χ4v) is 1.72. The first-order valence-corrected chi connectivity index (χ1v) is 5.37. The predicted molar refractivity (Wildman–Crippen MR) is 66.3 cm³/mol. The zero-order valence-corrected chi connectivity index (χ0v) is 9.53. The number of rotatable bonds is 4. The van der Waals surface area contributed by atoms with Crippen LogP contribution in [0.3, 0.4) is 0 Å². The topological polar surface area (TPSA) is 65.1 Å². The summed E-state index contributed by atoms with van der Waals surface area (Å²) in [7, 11) is 0. The van der Waals surface area contributed by atoms with Gasteiger partial charge in [0.05, 0.1) is 5.56 Å². The Kier molecular flexibility index (Phi) is 3.14. The predicted octanol–water partition coefficient (Wildman–Crippen LogP) is 2.63. The van der Waals surface area contributed by atoms with Crippen molar-refractivity contribution < 1.29 is 9.90 Å². The van der Waals surface area contributed by atoms with Gasteiger partial charge in [-0.15, -0.1) is 0 Å². The van der Waals surface area contributed by atoms with Crippen molar-refractivity contribution in [2.45, 2.75) is 13.5 Å². The summed E-state index contributed by atoms with van der Waals surface area (Å²) in [6.45, 7) is 2.48. The van der Waals surface area contributed by atoms with Crippen molar-refractivity contribution in [1.29, 1.82) is 0 Å². The Morgan fingerprint density at radius 2 is 2.24 bits per heavy atom. The molecule has 0 fully saturated rings. The molecule has 0 spiro atoms. The summed E-state index contributed by atoms with van der Waals surface area (Å²) in [6, 6.07) is 7.22. The zero-order chi connectivity index (χ0) is 12.3. The number of nitrogens with one attached hydrogen (secondary N) is 2. The highest BCUT2D eigenvalue weighted by molar-refractivity contribution is 5.91. The van der Waals surface area contributed by atoms with Crippen molar-refractivity contribution in [2.75, 3.05) is 5.32 Å². The van der Waals surface area contributed by atoms with E-state index in [1.54, 1.807) is 12.1 Å². The molecular weight excluding hydrogens is 216 g/mol. The van der Waals surface area contributed by atoms with Gasteiger partial charge in [-0.3, -0.25) is 0 Å². The van der Waals surface area contributed by atoms with Crippen LogP contribution in [0.5, 0.6) is 0 Å². The van der Waals surface area contributed by atoms with Crippen LogP contribution in [-0.4, -0.2) is 16.1 Å². The molecule has 0 aliphatic carbocycles. The summed E-state index contributed by atoms with van der Waals surface area (Å²) >= 11 is 0. The SMILES string of the molecule is Cc1c(NCc2cc[nH]c2)cccc1C(=O)O. The molecule has 4 heteroatoms. The molecule has 0 bridgehead atoms. The molecule has 0 aliphatic rings. The van der Waals surface area contributed by atoms with E-state index in [9.17, 15) is 4.79 Å². The normalized spacial score (nSPS) is 10.2. The molecule has 1 heterocycles. The summed E-state index contributed by atoms with van der Waals surface area (Å²) in [4.78, 5) is 14.0. The highest BCUT2D eigenvalue weighted by Crippen LogP contribution is 2.19. The van der Waals surface area contributed by atoms with Gasteiger partial charge in [0.25, 0.3) is 0 Å². The van der Waals surface area contributed by atoms with Crippen molar-refractivity contribution in [1.82, 2.24) is 4.98 Å². The van der Waals surface area contributed by atoms with E-state index in [2.05, 4.69) is 10.3 Å². The lowest BCUT2D eigenvalue weighted by Gasteiger charge is -2.10. The Hall–Kier alpha value is -2.23. The van der Waals surface area contributed by atoms with Gasteiger partial charge in [0.1, 0.15) is 0 Å². The van der Waals surface area contributed by atoms with Crippen molar-refractivity contribution in [3.05, 3.63) is 53.3 Å². The molecule has 1 aromatic carbocycles. The number of H-pyrrole nitrogens is 1. The third-order valence-electron chi connectivity index (χ3n) is 2.71. The Morgan fingerprint density at radius 1 is 1.41 bits per heavy atom. The van der Waals surface area contributed by atoms with E-state index in [-0.39, 0.29) is 0 Å². The van der Waals surface area contributed by atoms with Crippen LogP contribution in [0.2, 0.25) is 0 Å². The van der Waals surface area contributed by atoms with Gasteiger partial charge in [-0.25, -0.2) is 4.79 Å². The number of carboxylic acids is 1. The molecule has 88 valence electrons. The number of aromatic amines is 1. The minimum atomic E-state index is -0.896. The second-order valence-electron chi connectivity index (χ2n) is 3.86. The molecule has 0 saturated carbocycles. The van der Waals surface area contributed by atoms with Gasteiger partial charge < -0.3 is 15.4 Å². The molecule has 2 rings (SSSR count). The number of aromatic carboxylic acids is 1. The van der Waals surface area contributed by atoms with E-state index in [4.69, 9.17) is 5.11 Å². The lowest BCUT2D eigenvalue weighted by molar-refractivity contribution is 0.0696. The number of carboxylic acid groups (broad SMARTS) is 1. The Bertz CT molecular complexity index is 518. The first kappa shape index (κ1) is 11.3. The van der Waals surface area contributed by atoms with Gasteiger partial charge in [-0.2, -0.15) is 0 Å². The molecule has 1 aromatic heterocycles. The van der Waals surface area contributed by atoms with Crippen LogP contribution in [0.4, 0.5) is 5.69 Å². The van der Waals surface area contributed by atoms with Crippen LogP contribution < -0.4 is 5.32 Å². The lowest BCUT2D eigenvalue weighted by atomic mass is 10.1. The van der Waals surface area contributed by atoms with Gasteiger partial charge in [-0.05, 0) is 36.2 Å². The summed E-state index contributed by atoms with van der Waals surface area (Å²) in [5, 5.41) is 12.2. The molecule has 0 amide bonds. The van der Waals surface area contributed by atoms with E-state index >= 15 is 0 Å². The minimum Gasteiger partial charge on any atom is -0.478 e. The molecule has 0 aliphatic heterocycles. The number of aromatic nitrogens is 1. The molecule has 2 aromatic rings. The summed E-state index contributed by atoms with van der Waals surface area (Å²) < 4.78 is 0. The van der Waals surface area contributed by atoms with E-state index < -0.39 is 5.97 Å². The van der Waals surface area contributed by atoms with Crippen molar-refractivity contribution >= 4 is 11.7 Å². The van der Waals surface area contributed by atoms with Crippen LogP contribution in [0.25, 0.3) is 0 Å². The lowest BCUT2D eigenvalue weighted by Crippen LogP contribution is -2.05. The number of anilines is 1. The number of carbonyl (C=O) groups is 1. The van der Waals surface area contributed by atoms with Crippen LogP contribution in [0, 0.1) is 6.92 Å². The van der Waals surface area contributed by atoms with Gasteiger partial charge in [0.15, 0.2) is 0 Å². The smallest absolute Gasteiger partial charge is 0.336 e. The summed E-state index contributed by atoms with van der Waals surface area (Å²) in [5.74, 6) is -0.896. The standard InChI is InChI=1S/C13H14N2O2/c1-9-11(13(16)17)3-2-4-12(9)15-8-10-5-6-14-7-10/h2-7,14-15H,8H2,1H3,(H,16,17). The average Bonchev–Trinajstić information content (AvgIpc) is 2.80. The van der Waals surface area contributed by atoms with Crippen LogP contribution in [0.1, 0.15) is 21.5 Å². The average molecular weight is 230 g/mol. The van der Waals surface area contributed by atoms with Gasteiger partial charge >= 0.3 is 5.97 Å². The van der Waals surface area contributed by atoms with E-state index in [0.717, 1.165) is 16.8 Å². The fraction of sp³-hybridized carbons (Fsp3) is 0.154.